The van der Waals surface area contributed by atoms with Crippen LogP contribution in [0.3, 0.4) is 0 Å². The van der Waals surface area contributed by atoms with Gasteiger partial charge < -0.3 is 0 Å². The lowest BCUT2D eigenvalue weighted by Crippen LogP contribution is -2.34. The van der Waals surface area contributed by atoms with Gasteiger partial charge in [0.05, 0.1) is 13.2 Å². The third-order valence-electron chi connectivity index (χ3n) is 6.25. The van der Waals surface area contributed by atoms with E-state index in [4.69, 9.17) is 0 Å². The molecule has 150 valence electrons. The van der Waals surface area contributed by atoms with E-state index in [0.29, 0.717) is 5.92 Å². The summed E-state index contributed by atoms with van der Waals surface area (Å²) in [6, 6.07) is 15.8. The number of rotatable bonds is 2. The van der Waals surface area contributed by atoms with Crippen LogP contribution in [0.25, 0.3) is 27.6 Å². The molecule has 0 atom stereocenters. The van der Waals surface area contributed by atoms with E-state index in [1.807, 2.05) is 0 Å². The van der Waals surface area contributed by atoms with Crippen molar-refractivity contribution in [3.05, 3.63) is 70.9 Å². The molecule has 0 saturated heterocycles. The van der Waals surface area contributed by atoms with Crippen molar-refractivity contribution in [3.8, 4) is 5.82 Å². The summed E-state index contributed by atoms with van der Waals surface area (Å²) in [6.07, 6.45) is 2.20. The summed E-state index contributed by atoms with van der Waals surface area (Å²) in [6.45, 7) is 16.0. The van der Waals surface area contributed by atoms with E-state index in [-0.39, 0.29) is 5.41 Å². The van der Waals surface area contributed by atoms with Crippen LogP contribution in [-0.4, -0.2) is 4.57 Å². The third-order valence-corrected chi connectivity index (χ3v) is 6.25. The van der Waals surface area contributed by atoms with Crippen LogP contribution in [0.15, 0.2) is 48.7 Å². The summed E-state index contributed by atoms with van der Waals surface area (Å²) in [5.41, 5.74) is 8.32. The standard InChI is InChI=1S/C27H33N2/c1-17(2)25-18(3)15-22-21-11-9-10-12-23(21)29(26(22)19(25)4)24-16-20(27(5,6)7)13-14-28(24)8/h9-17H,1-8H3/q+1. The fourth-order valence-electron chi connectivity index (χ4n) is 4.87. The number of aromatic nitrogens is 2. The van der Waals surface area contributed by atoms with Crippen LogP contribution in [0, 0.1) is 13.8 Å². The van der Waals surface area contributed by atoms with Gasteiger partial charge in [-0.1, -0.05) is 46.8 Å². The molecule has 0 fully saturated rings. The molecule has 0 saturated carbocycles. The quantitative estimate of drug-likeness (QED) is 0.342. The zero-order valence-electron chi connectivity index (χ0n) is 19.1. The van der Waals surface area contributed by atoms with Gasteiger partial charge in [-0.2, -0.15) is 4.57 Å². The van der Waals surface area contributed by atoms with Gasteiger partial charge in [-0.25, -0.2) is 4.57 Å². The Bertz CT molecular complexity index is 1230. The van der Waals surface area contributed by atoms with Crippen molar-refractivity contribution in [1.82, 2.24) is 4.57 Å². The zero-order chi connectivity index (χ0) is 21.1. The third kappa shape index (κ3) is 3.06. The van der Waals surface area contributed by atoms with E-state index in [2.05, 4.69) is 113 Å². The molecule has 4 rings (SSSR count). The second-order valence-electron chi connectivity index (χ2n) is 9.77. The van der Waals surface area contributed by atoms with E-state index in [0.717, 1.165) is 0 Å². The van der Waals surface area contributed by atoms with Crippen LogP contribution >= 0.6 is 0 Å². The lowest BCUT2D eigenvalue weighted by molar-refractivity contribution is -0.665. The van der Waals surface area contributed by atoms with Crippen molar-refractivity contribution in [2.24, 2.45) is 7.05 Å². The highest BCUT2D eigenvalue weighted by Gasteiger charge is 2.26. The van der Waals surface area contributed by atoms with Gasteiger partial charge in [-0.3, -0.25) is 0 Å². The molecule has 0 radical (unpaired) electrons. The second kappa shape index (κ2) is 6.73. The Balaban J connectivity index is 2.21. The molecule has 0 aliphatic carbocycles. The van der Waals surface area contributed by atoms with Crippen molar-refractivity contribution in [3.63, 3.8) is 0 Å². The van der Waals surface area contributed by atoms with Crippen LogP contribution in [0.1, 0.15) is 62.8 Å². The molecule has 2 heteroatoms. The van der Waals surface area contributed by atoms with E-state index < -0.39 is 0 Å². The SMILES string of the molecule is Cc1cc2c3ccccc3n(-c3cc(C(C)(C)C)cc[n+]3C)c2c(C)c1C(C)C. The number of benzene rings is 2. The summed E-state index contributed by atoms with van der Waals surface area (Å²) in [7, 11) is 2.15. The molecule has 4 aromatic rings. The van der Waals surface area contributed by atoms with Gasteiger partial charge in [-0.15, -0.1) is 0 Å². The molecule has 2 nitrogen and oxygen atoms in total. The monoisotopic (exact) mass is 385 g/mol. The topological polar surface area (TPSA) is 8.81 Å². The molecule has 0 N–H and O–H groups in total. The molecule has 0 bridgehead atoms. The van der Waals surface area contributed by atoms with Crippen molar-refractivity contribution in [1.29, 1.82) is 0 Å². The minimum atomic E-state index is 0.108. The highest BCUT2D eigenvalue weighted by molar-refractivity contribution is 6.10. The largest absolute Gasteiger partial charge is 0.286 e. The first-order valence-electron chi connectivity index (χ1n) is 10.6. The summed E-state index contributed by atoms with van der Waals surface area (Å²) in [5, 5.41) is 2.67. The van der Waals surface area contributed by atoms with E-state index in [9.17, 15) is 0 Å². The molecule has 0 aliphatic rings. The van der Waals surface area contributed by atoms with Crippen molar-refractivity contribution in [2.45, 2.75) is 59.8 Å². The smallest absolute Gasteiger partial charge is 0.237 e. The van der Waals surface area contributed by atoms with Gasteiger partial charge >= 0.3 is 0 Å². The number of fused-ring (bicyclic) bond motifs is 3. The maximum atomic E-state index is 2.47. The van der Waals surface area contributed by atoms with Crippen LogP contribution in [0.2, 0.25) is 0 Å². The number of nitrogens with zero attached hydrogens (tertiary/aromatic N) is 2. The molecule has 2 heterocycles. The first-order chi connectivity index (χ1) is 13.6. The van der Waals surface area contributed by atoms with Crippen LogP contribution < -0.4 is 4.57 Å². The number of aryl methyl sites for hydroxylation is 3. The molecular formula is C27H33N2+. The maximum Gasteiger partial charge on any atom is 0.286 e. The molecule has 2 aromatic carbocycles. The molecule has 0 spiro atoms. The lowest BCUT2D eigenvalue weighted by atomic mass is 9.87. The summed E-state index contributed by atoms with van der Waals surface area (Å²) in [5.74, 6) is 1.71. The van der Waals surface area contributed by atoms with E-state index in [1.165, 1.54) is 49.9 Å². The lowest BCUT2D eigenvalue weighted by Gasteiger charge is -2.19. The van der Waals surface area contributed by atoms with E-state index in [1.54, 1.807) is 0 Å². The van der Waals surface area contributed by atoms with Crippen molar-refractivity contribution < 1.29 is 4.57 Å². The van der Waals surface area contributed by atoms with Gasteiger partial charge in [0, 0.05) is 22.4 Å². The van der Waals surface area contributed by atoms with Crippen LogP contribution in [0.5, 0.6) is 0 Å². The number of pyridine rings is 1. The van der Waals surface area contributed by atoms with Gasteiger partial charge in [0.2, 0.25) is 0 Å². The highest BCUT2D eigenvalue weighted by Crippen LogP contribution is 2.38. The Morgan fingerprint density at radius 2 is 1.62 bits per heavy atom. The number of hydrogen-bond donors (Lipinski definition) is 0. The molecule has 29 heavy (non-hydrogen) atoms. The summed E-state index contributed by atoms with van der Waals surface area (Å²) in [4.78, 5) is 0. The Morgan fingerprint density at radius 3 is 2.28 bits per heavy atom. The summed E-state index contributed by atoms with van der Waals surface area (Å²) < 4.78 is 4.72. The first-order valence-corrected chi connectivity index (χ1v) is 10.6. The fraction of sp³-hybridized carbons (Fsp3) is 0.370. The van der Waals surface area contributed by atoms with Gasteiger partial charge in [-0.05, 0) is 66.1 Å². The first kappa shape index (κ1) is 19.7. The average Bonchev–Trinajstić information content (AvgIpc) is 2.95. The molecular weight excluding hydrogens is 352 g/mol. The Labute approximate surface area is 174 Å². The highest BCUT2D eigenvalue weighted by atomic mass is 15.1. The number of hydrogen-bond acceptors (Lipinski definition) is 0. The van der Waals surface area contributed by atoms with Gasteiger partial charge in [0.25, 0.3) is 5.82 Å². The zero-order valence-corrected chi connectivity index (χ0v) is 19.1. The molecule has 0 unspecified atom stereocenters. The van der Waals surface area contributed by atoms with Crippen molar-refractivity contribution in [2.75, 3.05) is 0 Å². The fourth-order valence-corrected chi connectivity index (χ4v) is 4.87. The Hall–Kier alpha value is -2.61. The second-order valence-corrected chi connectivity index (χ2v) is 9.77. The van der Waals surface area contributed by atoms with Crippen molar-refractivity contribution >= 4 is 21.8 Å². The van der Waals surface area contributed by atoms with Gasteiger partial charge in [0.15, 0.2) is 0 Å². The maximum absolute atomic E-state index is 2.47. The minimum absolute atomic E-state index is 0.108. The normalized spacial score (nSPS) is 12.4. The van der Waals surface area contributed by atoms with E-state index >= 15 is 0 Å². The minimum Gasteiger partial charge on any atom is -0.237 e. The molecule has 0 aliphatic heterocycles. The summed E-state index contributed by atoms with van der Waals surface area (Å²) >= 11 is 0. The van der Waals surface area contributed by atoms with Gasteiger partial charge in [0.1, 0.15) is 11.0 Å². The Kier molecular flexibility index (Phi) is 4.57. The molecule has 2 aromatic heterocycles. The van der Waals surface area contributed by atoms with Crippen LogP contribution in [-0.2, 0) is 12.5 Å². The van der Waals surface area contributed by atoms with Crippen LogP contribution in [0.4, 0.5) is 0 Å². The predicted octanol–water partition coefficient (Wildman–Crippen LogP) is 6.65. The number of para-hydroxylation sites is 1. The Morgan fingerprint density at radius 1 is 0.931 bits per heavy atom. The molecule has 0 amide bonds. The predicted molar refractivity (Wildman–Crippen MR) is 124 cm³/mol. The average molecular weight is 386 g/mol.